The van der Waals surface area contributed by atoms with Crippen LogP contribution in [0.5, 0.6) is 0 Å². The fourth-order valence-corrected chi connectivity index (χ4v) is 2.09. The fourth-order valence-electron chi connectivity index (χ4n) is 1.66. The van der Waals surface area contributed by atoms with E-state index in [1.165, 1.54) is 0 Å². The Morgan fingerprint density at radius 2 is 2.36 bits per heavy atom. The van der Waals surface area contributed by atoms with Crippen LogP contribution in [0.4, 0.5) is 0 Å². The van der Waals surface area contributed by atoms with Crippen LogP contribution in [0, 0.1) is 5.92 Å². The van der Waals surface area contributed by atoms with Crippen LogP contribution in [0.2, 0.25) is 0 Å². The highest BCUT2D eigenvalue weighted by atomic mass is 35.5. The zero-order valence-corrected chi connectivity index (χ0v) is 10.4. The van der Waals surface area contributed by atoms with Crippen molar-refractivity contribution in [3.63, 3.8) is 0 Å². The fraction of sp³-hybridized carbons (Fsp3) is 0.889. The largest absolute Gasteiger partial charge is 0.342 e. The number of carbonyl (C=O) groups is 1. The number of thioether (sulfide) groups is 1. The van der Waals surface area contributed by atoms with Gasteiger partial charge < -0.3 is 10.6 Å². The first-order chi connectivity index (χ1) is 6.15. The van der Waals surface area contributed by atoms with Crippen LogP contribution in [-0.2, 0) is 4.79 Å². The molecule has 1 fully saturated rings. The molecule has 0 aromatic carbocycles. The van der Waals surface area contributed by atoms with Crippen molar-refractivity contribution in [3.8, 4) is 0 Å². The number of hydrogen-bond donors (Lipinski definition) is 1. The van der Waals surface area contributed by atoms with E-state index < -0.39 is 0 Å². The summed E-state index contributed by atoms with van der Waals surface area (Å²) in [7, 11) is 0. The summed E-state index contributed by atoms with van der Waals surface area (Å²) in [5.74, 6) is 1.37. The van der Waals surface area contributed by atoms with Crippen molar-refractivity contribution in [1.29, 1.82) is 0 Å². The Bertz CT molecular complexity index is 190. The number of likely N-dealkylation sites (tertiary alicyclic amines) is 1. The Morgan fingerprint density at radius 1 is 1.71 bits per heavy atom. The maximum absolute atomic E-state index is 11.5. The lowest BCUT2D eigenvalue weighted by atomic mass is 10.0. The molecule has 0 aromatic heterocycles. The van der Waals surface area contributed by atoms with Crippen LogP contribution in [0.25, 0.3) is 0 Å². The van der Waals surface area contributed by atoms with E-state index in [0.29, 0.717) is 11.7 Å². The van der Waals surface area contributed by atoms with Crippen LogP contribution in [-0.4, -0.2) is 41.9 Å². The number of nitrogens with zero attached hydrogens (tertiary/aromatic N) is 1. The van der Waals surface area contributed by atoms with Crippen LogP contribution in [0.15, 0.2) is 0 Å². The first-order valence-corrected chi connectivity index (χ1v) is 6.07. The second kappa shape index (κ2) is 6.53. The summed E-state index contributed by atoms with van der Waals surface area (Å²) in [5, 5.41) is 0. The van der Waals surface area contributed by atoms with Gasteiger partial charge in [0.1, 0.15) is 0 Å². The quantitative estimate of drug-likeness (QED) is 0.797. The molecule has 2 N–H and O–H groups in total. The topological polar surface area (TPSA) is 46.3 Å². The first-order valence-electron chi connectivity index (χ1n) is 4.67. The molecule has 0 aliphatic carbocycles. The minimum Gasteiger partial charge on any atom is -0.342 e. The van der Waals surface area contributed by atoms with Gasteiger partial charge in [-0.1, -0.05) is 0 Å². The van der Waals surface area contributed by atoms with Crippen molar-refractivity contribution in [1.82, 2.24) is 4.90 Å². The minimum absolute atomic E-state index is 0. The second-order valence-electron chi connectivity index (χ2n) is 3.68. The van der Waals surface area contributed by atoms with Gasteiger partial charge in [-0.05, 0) is 25.5 Å². The highest BCUT2D eigenvalue weighted by Crippen LogP contribution is 2.19. The third-order valence-electron chi connectivity index (χ3n) is 2.59. The molecule has 1 rings (SSSR count). The van der Waals surface area contributed by atoms with Crippen LogP contribution in [0.3, 0.4) is 0 Å². The second-order valence-corrected chi connectivity index (χ2v) is 4.55. The summed E-state index contributed by atoms with van der Waals surface area (Å²) < 4.78 is 0. The van der Waals surface area contributed by atoms with Crippen molar-refractivity contribution in [2.24, 2.45) is 11.7 Å². The molecule has 1 saturated heterocycles. The number of amides is 1. The standard InChI is InChI=1S/C9H18N2OS.ClH/c1-7(10)8-3-4-11(5-8)9(12)6-13-2;/h7-8H,3-6,10H2,1-2H3;1H. The van der Waals surface area contributed by atoms with Crippen molar-refractivity contribution < 1.29 is 4.79 Å². The predicted octanol–water partition coefficient (Wildman–Crippen LogP) is 0.967. The van der Waals surface area contributed by atoms with E-state index in [0.717, 1.165) is 19.5 Å². The lowest BCUT2D eigenvalue weighted by molar-refractivity contribution is -0.127. The number of halogens is 1. The van der Waals surface area contributed by atoms with E-state index in [4.69, 9.17) is 5.73 Å². The van der Waals surface area contributed by atoms with Gasteiger partial charge in [0.05, 0.1) is 5.75 Å². The highest BCUT2D eigenvalue weighted by molar-refractivity contribution is 7.99. The molecule has 3 nitrogen and oxygen atoms in total. The first kappa shape index (κ1) is 14.1. The zero-order chi connectivity index (χ0) is 9.84. The molecule has 5 heteroatoms. The average Bonchev–Trinajstić information content (AvgIpc) is 2.52. The van der Waals surface area contributed by atoms with Crippen molar-refractivity contribution in [2.45, 2.75) is 19.4 Å². The lowest BCUT2D eigenvalue weighted by Crippen LogP contribution is -2.33. The average molecular weight is 239 g/mol. The third-order valence-corrected chi connectivity index (χ3v) is 3.12. The molecule has 2 atom stereocenters. The van der Waals surface area contributed by atoms with Crippen molar-refractivity contribution in [2.75, 3.05) is 25.1 Å². The van der Waals surface area contributed by atoms with Crippen molar-refractivity contribution in [3.05, 3.63) is 0 Å². The molecule has 1 amide bonds. The summed E-state index contributed by atoms with van der Waals surface area (Å²) in [6, 6.07) is 0.215. The van der Waals surface area contributed by atoms with Crippen LogP contribution < -0.4 is 5.73 Å². The maximum atomic E-state index is 11.5. The summed E-state index contributed by atoms with van der Waals surface area (Å²) in [6.07, 6.45) is 3.02. The molecule has 0 aromatic rings. The van der Waals surface area contributed by atoms with Gasteiger partial charge in [-0.25, -0.2) is 0 Å². The Labute approximate surface area is 96.2 Å². The van der Waals surface area contributed by atoms with E-state index in [1.54, 1.807) is 11.8 Å². The van der Waals surface area contributed by atoms with E-state index in [9.17, 15) is 4.79 Å². The number of nitrogens with two attached hydrogens (primary N) is 1. The van der Waals surface area contributed by atoms with Gasteiger partial charge >= 0.3 is 0 Å². The number of rotatable bonds is 3. The Balaban J connectivity index is 0.00000169. The Kier molecular flexibility index (Phi) is 6.57. The van der Waals surface area contributed by atoms with Gasteiger partial charge in [-0.3, -0.25) is 4.79 Å². The molecule has 0 radical (unpaired) electrons. The summed E-state index contributed by atoms with van der Waals surface area (Å²) >= 11 is 1.58. The van der Waals surface area contributed by atoms with Crippen molar-refractivity contribution >= 4 is 30.1 Å². The molecule has 2 unspecified atom stereocenters. The monoisotopic (exact) mass is 238 g/mol. The van der Waals surface area contributed by atoms with E-state index >= 15 is 0 Å². The number of hydrogen-bond acceptors (Lipinski definition) is 3. The zero-order valence-electron chi connectivity index (χ0n) is 8.73. The normalized spacial score (nSPS) is 23.1. The van der Waals surface area contributed by atoms with E-state index in [2.05, 4.69) is 0 Å². The van der Waals surface area contributed by atoms with Gasteiger partial charge in [0, 0.05) is 19.1 Å². The van der Waals surface area contributed by atoms with Crippen LogP contribution >= 0.6 is 24.2 Å². The molecule has 0 bridgehead atoms. The highest BCUT2D eigenvalue weighted by Gasteiger charge is 2.27. The van der Waals surface area contributed by atoms with Gasteiger partial charge in [0.2, 0.25) is 5.91 Å². The van der Waals surface area contributed by atoms with E-state index in [-0.39, 0.29) is 24.4 Å². The molecule has 0 saturated carbocycles. The molecule has 1 heterocycles. The summed E-state index contributed by atoms with van der Waals surface area (Å²) in [6.45, 7) is 3.77. The SMILES string of the molecule is CSCC(=O)N1CCC(C(C)N)C1.Cl. The molecular weight excluding hydrogens is 220 g/mol. The molecular formula is C9H19ClN2OS. The Morgan fingerprint density at radius 3 is 2.79 bits per heavy atom. The van der Waals surface area contributed by atoms with Gasteiger partial charge in [0.25, 0.3) is 0 Å². The van der Waals surface area contributed by atoms with E-state index in [1.807, 2.05) is 18.1 Å². The maximum Gasteiger partial charge on any atom is 0.232 e. The van der Waals surface area contributed by atoms with Gasteiger partial charge in [0.15, 0.2) is 0 Å². The van der Waals surface area contributed by atoms with Crippen LogP contribution in [0.1, 0.15) is 13.3 Å². The predicted molar refractivity (Wildman–Crippen MR) is 64.0 cm³/mol. The minimum atomic E-state index is 0. The summed E-state index contributed by atoms with van der Waals surface area (Å²) in [5.41, 5.74) is 5.79. The molecule has 0 spiro atoms. The lowest BCUT2D eigenvalue weighted by Gasteiger charge is -2.17. The molecule has 1 aliphatic heterocycles. The smallest absolute Gasteiger partial charge is 0.232 e. The van der Waals surface area contributed by atoms with Gasteiger partial charge in [-0.15, -0.1) is 12.4 Å². The third kappa shape index (κ3) is 3.67. The molecule has 1 aliphatic rings. The Hall–Kier alpha value is 0.0700. The molecule has 84 valence electrons. The number of carbonyl (C=O) groups excluding carboxylic acids is 1. The van der Waals surface area contributed by atoms with Gasteiger partial charge in [-0.2, -0.15) is 11.8 Å². The molecule has 14 heavy (non-hydrogen) atoms. The summed E-state index contributed by atoms with van der Waals surface area (Å²) in [4.78, 5) is 13.4.